The summed E-state index contributed by atoms with van der Waals surface area (Å²) >= 11 is 0. The predicted octanol–water partition coefficient (Wildman–Crippen LogP) is 2.86. The van der Waals surface area contributed by atoms with Crippen molar-refractivity contribution in [3.8, 4) is 5.75 Å². The van der Waals surface area contributed by atoms with Gasteiger partial charge in [-0.2, -0.15) is 0 Å². The third kappa shape index (κ3) is 2.56. The van der Waals surface area contributed by atoms with Gasteiger partial charge in [-0.1, -0.05) is 19.1 Å². The average Bonchev–Trinajstić information content (AvgIpc) is 2.78. The summed E-state index contributed by atoms with van der Waals surface area (Å²) in [4.78, 5) is 0. The quantitative estimate of drug-likeness (QED) is 0.816. The minimum Gasteiger partial charge on any atom is -0.508 e. The third-order valence-electron chi connectivity index (χ3n) is 3.84. The molecule has 1 saturated heterocycles. The Hall–Kier alpha value is -1.02. The topological polar surface area (TPSA) is 32.3 Å². The van der Waals surface area contributed by atoms with Gasteiger partial charge in [0, 0.05) is 5.54 Å². The lowest BCUT2D eigenvalue weighted by atomic mass is 9.87. The van der Waals surface area contributed by atoms with Gasteiger partial charge in [-0.15, -0.1) is 0 Å². The molecule has 0 saturated carbocycles. The van der Waals surface area contributed by atoms with Crippen LogP contribution in [0.2, 0.25) is 0 Å². The van der Waals surface area contributed by atoms with Crippen LogP contribution in [-0.4, -0.2) is 17.2 Å². The average molecular weight is 219 g/mol. The van der Waals surface area contributed by atoms with E-state index in [0.717, 1.165) is 6.42 Å². The number of aromatic hydroxyl groups is 1. The molecular formula is C14H21NO. The fraction of sp³-hybridized carbons (Fsp3) is 0.571. The van der Waals surface area contributed by atoms with Crippen molar-refractivity contribution in [1.82, 2.24) is 5.32 Å². The lowest BCUT2D eigenvalue weighted by Crippen LogP contribution is -2.39. The van der Waals surface area contributed by atoms with Crippen molar-refractivity contribution in [2.45, 2.75) is 44.6 Å². The highest BCUT2D eigenvalue weighted by Gasteiger charge is 2.30. The summed E-state index contributed by atoms with van der Waals surface area (Å²) in [5.74, 6) is 0.355. The first-order valence-electron chi connectivity index (χ1n) is 6.27. The maximum absolute atomic E-state index is 9.22. The molecule has 16 heavy (non-hydrogen) atoms. The molecule has 1 aliphatic rings. The number of hydrogen-bond acceptors (Lipinski definition) is 2. The molecule has 2 heteroatoms. The Morgan fingerprint density at radius 1 is 1.31 bits per heavy atom. The van der Waals surface area contributed by atoms with E-state index in [-0.39, 0.29) is 0 Å². The Kier molecular flexibility index (Phi) is 3.49. The summed E-state index contributed by atoms with van der Waals surface area (Å²) in [5, 5.41) is 12.9. The van der Waals surface area contributed by atoms with Crippen LogP contribution in [0.15, 0.2) is 24.3 Å². The van der Waals surface area contributed by atoms with Gasteiger partial charge < -0.3 is 10.4 Å². The molecule has 88 valence electrons. The van der Waals surface area contributed by atoms with E-state index in [1.807, 2.05) is 12.1 Å². The van der Waals surface area contributed by atoms with Gasteiger partial charge in [0.15, 0.2) is 0 Å². The lowest BCUT2D eigenvalue weighted by molar-refractivity contribution is 0.336. The van der Waals surface area contributed by atoms with Crippen LogP contribution in [-0.2, 0) is 6.42 Å². The van der Waals surface area contributed by atoms with Crippen molar-refractivity contribution in [2.24, 2.45) is 0 Å². The molecule has 2 rings (SSSR count). The molecule has 0 bridgehead atoms. The van der Waals surface area contributed by atoms with Crippen LogP contribution in [0.5, 0.6) is 5.75 Å². The fourth-order valence-electron chi connectivity index (χ4n) is 2.61. The van der Waals surface area contributed by atoms with E-state index in [2.05, 4.69) is 12.2 Å². The molecule has 1 heterocycles. The van der Waals surface area contributed by atoms with Crippen molar-refractivity contribution in [3.63, 3.8) is 0 Å². The second-order valence-corrected chi connectivity index (χ2v) is 4.83. The first-order chi connectivity index (χ1) is 7.74. The van der Waals surface area contributed by atoms with Crippen molar-refractivity contribution < 1.29 is 5.11 Å². The van der Waals surface area contributed by atoms with Crippen molar-refractivity contribution >= 4 is 0 Å². The number of phenolic OH excluding ortho intramolecular Hbond substituents is 1. The summed E-state index contributed by atoms with van der Waals surface area (Å²) < 4.78 is 0. The highest BCUT2D eigenvalue weighted by molar-refractivity contribution is 5.26. The van der Waals surface area contributed by atoms with Crippen LogP contribution in [0.25, 0.3) is 0 Å². The number of nitrogens with one attached hydrogen (secondary N) is 1. The molecule has 1 aliphatic heterocycles. The molecule has 1 fully saturated rings. The van der Waals surface area contributed by atoms with Crippen LogP contribution < -0.4 is 5.32 Å². The number of aryl methyl sites for hydroxylation is 1. The van der Waals surface area contributed by atoms with Gasteiger partial charge in [0.05, 0.1) is 0 Å². The second kappa shape index (κ2) is 4.88. The number of rotatable bonds is 4. The maximum atomic E-state index is 9.22. The van der Waals surface area contributed by atoms with Gasteiger partial charge >= 0.3 is 0 Å². The van der Waals surface area contributed by atoms with Crippen molar-refractivity contribution in [3.05, 3.63) is 29.8 Å². The third-order valence-corrected chi connectivity index (χ3v) is 3.84. The Morgan fingerprint density at radius 2 is 2.06 bits per heavy atom. The normalized spacial score (nSPS) is 24.8. The van der Waals surface area contributed by atoms with E-state index >= 15 is 0 Å². The van der Waals surface area contributed by atoms with E-state index in [1.165, 1.54) is 37.8 Å². The fourth-order valence-corrected chi connectivity index (χ4v) is 2.61. The SMILES string of the molecule is CCC1(CCc2ccc(O)cc2)CCCN1. The number of phenols is 1. The monoisotopic (exact) mass is 219 g/mol. The van der Waals surface area contributed by atoms with Crippen LogP contribution in [0.4, 0.5) is 0 Å². The lowest BCUT2D eigenvalue weighted by Gasteiger charge is -2.28. The molecule has 0 aliphatic carbocycles. The van der Waals surface area contributed by atoms with E-state index in [4.69, 9.17) is 0 Å². The molecule has 0 spiro atoms. The highest BCUT2D eigenvalue weighted by Crippen LogP contribution is 2.28. The first-order valence-corrected chi connectivity index (χ1v) is 6.27. The van der Waals surface area contributed by atoms with Crippen molar-refractivity contribution in [1.29, 1.82) is 0 Å². The van der Waals surface area contributed by atoms with Crippen LogP contribution in [0, 0.1) is 0 Å². The largest absolute Gasteiger partial charge is 0.508 e. The van der Waals surface area contributed by atoms with Gasteiger partial charge in [0.25, 0.3) is 0 Å². The zero-order valence-electron chi connectivity index (χ0n) is 10.00. The maximum Gasteiger partial charge on any atom is 0.115 e. The van der Waals surface area contributed by atoms with E-state index in [1.54, 1.807) is 12.1 Å². The van der Waals surface area contributed by atoms with Gasteiger partial charge in [0.1, 0.15) is 5.75 Å². The second-order valence-electron chi connectivity index (χ2n) is 4.83. The number of hydrogen-bond donors (Lipinski definition) is 2. The Bertz CT molecular complexity index is 325. The Labute approximate surface area is 97.7 Å². The van der Waals surface area contributed by atoms with E-state index in [9.17, 15) is 5.11 Å². The summed E-state index contributed by atoms with van der Waals surface area (Å²) in [7, 11) is 0. The zero-order chi connectivity index (χ0) is 11.4. The van der Waals surface area contributed by atoms with E-state index in [0.29, 0.717) is 11.3 Å². The summed E-state index contributed by atoms with van der Waals surface area (Å²) in [5.41, 5.74) is 1.69. The minimum absolute atomic E-state index is 0.355. The van der Waals surface area contributed by atoms with Gasteiger partial charge in [-0.05, 0) is 56.3 Å². The molecule has 0 amide bonds. The Morgan fingerprint density at radius 3 is 2.62 bits per heavy atom. The molecular weight excluding hydrogens is 198 g/mol. The minimum atomic E-state index is 0.355. The van der Waals surface area contributed by atoms with E-state index < -0.39 is 0 Å². The zero-order valence-corrected chi connectivity index (χ0v) is 10.00. The first kappa shape index (κ1) is 11.5. The molecule has 2 nitrogen and oxygen atoms in total. The molecule has 2 N–H and O–H groups in total. The van der Waals surface area contributed by atoms with Crippen LogP contribution in [0.3, 0.4) is 0 Å². The molecule has 1 aromatic rings. The van der Waals surface area contributed by atoms with Crippen LogP contribution in [0.1, 0.15) is 38.2 Å². The molecule has 1 atom stereocenters. The van der Waals surface area contributed by atoms with Gasteiger partial charge in [0.2, 0.25) is 0 Å². The number of benzene rings is 1. The van der Waals surface area contributed by atoms with Crippen molar-refractivity contribution in [2.75, 3.05) is 6.54 Å². The standard InChI is InChI=1S/C14H21NO/c1-2-14(9-3-11-15-14)10-8-12-4-6-13(16)7-5-12/h4-7,15-16H,2-3,8-11H2,1H3. The van der Waals surface area contributed by atoms with Gasteiger partial charge in [-0.25, -0.2) is 0 Å². The summed E-state index contributed by atoms with van der Waals surface area (Å²) in [6, 6.07) is 7.59. The molecule has 0 aromatic heterocycles. The van der Waals surface area contributed by atoms with Gasteiger partial charge in [-0.3, -0.25) is 0 Å². The smallest absolute Gasteiger partial charge is 0.115 e. The molecule has 1 unspecified atom stereocenters. The highest BCUT2D eigenvalue weighted by atomic mass is 16.3. The summed E-state index contributed by atoms with van der Waals surface area (Å²) in [6.07, 6.45) is 6.13. The molecule has 0 radical (unpaired) electrons. The summed E-state index contributed by atoms with van der Waals surface area (Å²) in [6.45, 7) is 3.44. The Balaban J connectivity index is 1.93. The predicted molar refractivity (Wildman–Crippen MR) is 66.7 cm³/mol. The molecule has 1 aromatic carbocycles. The van der Waals surface area contributed by atoms with Crippen LogP contribution >= 0.6 is 0 Å².